The number of hydrogen-bond acceptors (Lipinski definition) is 7. The van der Waals surface area contributed by atoms with E-state index in [9.17, 15) is 24.0 Å². The third-order valence-electron chi connectivity index (χ3n) is 4.52. The predicted molar refractivity (Wildman–Crippen MR) is 124 cm³/mol. The summed E-state index contributed by atoms with van der Waals surface area (Å²) in [6, 6.07) is 5.84. The lowest BCUT2D eigenvalue weighted by Crippen LogP contribution is -2.36. The van der Waals surface area contributed by atoms with E-state index in [0.29, 0.717) is 16.2 Å². The third kappa shape index (κ3) is 5.12. The maximum atomic E-state index is 12.6. The maximum absolute atomic E-state index is 12.6. The number of anilines is 1. The number of rotatable bonds is 7. The first kappa shape index (κ1) is 25.8. The van der Waals surface area contributed by atoms with Crippen molar-refractivity contribution in [1.82, 2.24) is 4.90 Å². The van der Waals surface area contributed by atoms with Gasteiger partial charge in [0, 0.05) is 5.69 Å². The highest BCUT2D eigenvalue weighted by Crippen LogP contribution is 2.44. The largest absolute Gasteiger partial charge is 0.462 e. The van der Waals surface area contributed by atoms with Gasteiger partial charge in [-0.25, -0.2) is 4.79 Å². The molecule has 13 heteroatoms. The molecule has 2 aromatic rings. The van der Waals surface area contributed by atoms with Crippen LogP contribution in [0.5, 0.6) is 0 Å². The standard InChI is InChI=1S/C21H14Cl4N2O7/c1-2-33-21(32)9-3-5-10(6-4-9)26-11(28)8-34-12(29)7-27-19(30)13-14(20(27)31)16(23)18(25)17(24)15(13)22/h3-6H,2,7-8H2,1H3,(H,26,28). The highest BCUT2D eigenvalue weighted by molar-refractivity contribution is 6.55. The van der Waals surface area contributed by atoms with Gasteiger partial charge >= 0.3 is 11.9 Å². The van der Waals surface area contributed by atoms with E-state index in [-0.39, 0.29) is 37.8 Å². The van der Waals surface area contributed by atoms with E-state index in [1.807, 2.05) is 0 Å². The molecule has 1 aliphatic rings. The van der Waals surface area contributed by atoms with Crippen LogP contribution in [-0.4, -0.2) is 54.3 Å². The zero-order valence-corrected chi connectivity index (χ0v) is 20.3. The second-order valence-corrected chi connectivity index (χ2v) is 8.22. The van der Waals surface area contributed by atoms with Crippen molar-refractivity contribution in [2.24, 2.45) is 0 Å². The van der Waals surface area contributed by atoms with Gasteiger partial charge < -0.3 is 14.8 Å². The van der Waals surface area contributed by atoms with Crippen LogP contribution in [0.4, 0.5) is 5.69 Å². The smallest absolute Gasteiger partial charge is 0.338 e. The lowest BCUT2D eigenvalue weighted by atomic mass is 10.1. The predicted octanol–water partition coefficient (Wildman–Crippen LogP) is 4.25. The molecule has 3 amide bonds. The van der Waals surface area contributed by atoms with E-state index in [2.05, 4.69) is 5.32 Å². The van der Waals surface area contributed by atoms with Crippen molar-refractivity contribution < 1.29 is 33.4 Å². The summed E-state index contributed by atoms with van der Waals surface area (Å²) in [5, 5.41) is 1.52. The van der Waals surface area contributed by atoms with Gasteiger partial charge in [-0.1, -0.05) is 46.4 Å². The summed E-state index contributed by atoms with van der Waals surface area (Å²) in [6.45, 7) is 0.416. The maximum Gasteiger partial charge on any atom is 0.338 e. The number of carbonyl (C=O) groups is 5. The van der Waals surface area contributed by atoms with E-state index in [0.717, 1.165) is 0 Å². The van der Waals surface area contributed by atoms with Crippen molar-refractivity contribution in [3.05, 3.63) is 61.0 Å². The zero-order chi connectivity index (χ0) is 25.2. The second kappa shape index (κ2) is 10.6. The average Bonchev–Trinajstić information content (AvgIpc) is 3.05. The molecule has 178 valence electrons. The Morgan fingerprint density at radius 1 is 0.853 bits per heavy atom. The fraction of sp³-hybridized carbons (Fsp3) is 0.190. The number of halogens is 4. The average molecular weight is 548 g/mol. The third-order valence-corrected chi connectivity index (χ3v) is 6.32. The first-order valence-corrected chi connectivity index (χ1v) is 11.0. The van der Waals surface area contributed by atoms with Crippen molar-refractivity contribution in [2.45, 2.75) is 6.92 Å². The second-order valence-electron chi connectivity index (χ2n) is 6.71. The molecule has 0 bridgehead atoms. The molecule has 1 N–H and O–H groups in total. The molecule has 34 heavy (non-hydrogen) atoms. The molecule has 0 saturated carbocycles. The molecule has 0 atom stereocenters. The number of imide groups is 1. The van der Waals surface area contributed by atoms with Crippen molar-refractivity contribution >= 4 is 81.8 Å². The van der Waals surface area contributed by atoms with E-state index in [1.54, 1.807) is 6.92 Å². The molecule has 0 aromatic heterocycles. The monoisotopic (exact) mass is 546 g/mol. The molecule has 3 rings (SSSR count). The molecule has 2 aromatic carbocycles. The van der Waals surface area contributed by atoms with Gasteiger partial charge in [0.25, 0.3) is 17.7 Å². The number of nitrogens with one attached hydrogen (secondary N) is 1. The van der Waals surface area contributed by atoms with Crippen LogP contribution < -0.4 is 5.32 Å². The number of carbonyl (C=O) groups excluding carboxylic acids is 5. The lowest BCUT2D eigenvalue weighted by molar-refractivity contribution is -0.147. The lowest BCUT2D eigenvalue weighted by Gasteiger charge is -2.13. The van der Waals surface area contributed by atoms with Crippen LogP contribution in [0, 0.1) is 0 Å². The number of fused-ring (bicyclic) bond motifs is 1. The Morgan fingerprint density at radius 3 is 1.88 bits per heavy atom. The van der Waals surface area contributed by atoms with Crippen molar-refractivity contribution in [2.75, 3.05) is 25.1 Å². The molecule has 0 radical (unpaired) electrons. The molecular formula is C21H14Cl4N2O7. The summed E-state index contributed by atoms with van der Waals surface area (Å²) >= 11 is 23.9. The number of esters is 2. The van der Waals surface area contributed by atoms with Crippen molar-refractivity contribution in [3.63, 3.8) is 0 Å². The Kier molecular flexibility index (Phi) is 8.04. The first-order valence-electron chi connectivity index (χ1n) is 9.51. The molecule has 0 saturated heterocycles. The number of hydrogen-bond donors (Lipinski definition) is 1. The number of benzene rings is 2. The van der Waals surface area contributed by atoms with Gasteiger partial charge in [0.15, 0.2) is 6.61 Å². The molecule has 0 spiro atoms. The molecule has 0 aliphatic carbocycles. The summed E-state index contributed by atoms with van der Waals surface area (Å²) in [7, 11) is 0. The Morgan fingerprint density at radius 2 is 1.38 bits per heavy atom. The Labute approximate surface area is 212 Å². The van der Waals surface area contributed by atoms with E-state index in [1.165, 1.54) is 24.3 Å². The molecule has 0 fully saturated rings. The topological polar surface area (TPSA) is 119 Å². The van der Waals surface area contributed by atoms with Gasteiger partial charge in [-0.2, -0.15) is 0 Å². The van der Waals surface area contributed by atoms with Crippen LogP contribution in [0.3, 0.4) is 0 Å². The first-order chi connectivity index (χ1) is 16.1. The van der Waals surface area contributed by atoms with Crippen LogP contribution in [0.1, 0.15) is 38.0 Å². The minimum Gasteiger partial charge on any atom is -0.462 e. The molecule has 1 heterocycles. The van der Waals surface area contributed by atoms with Gasteiger partial charge in [-0.3, -0.25) is 24.1 Å². The van der Waals surface area contributed by atoms with E-state index >= 15 is 0 Å². The minimum absolute atomic E-state index is 0.204. The summed E-state index contributed by atoms with van der Waals surface area (Å²) in [6.07, 6.45) is 0. The van der Waals surface area contributed by atoms with E-state index < -0.39 is 42.8 Å². The van der Waals surface area contributed by atoms with Crippen LogP contribution >= 0.6 is 46.4 Å². The number of nitrogens with zero attached hydrogens (tertiary/aromatic N) is 1. The fourth-order valence-corrected chi connectivity index (χ4v) is 3.98. The van der Waals surface area contributed by atoms with Crippen LogP contribution in [-0.2, 0) is 19.1 Å². The molecular weight excluding hydrogens is 534 g/mol. The van der Waals surface area contributed by atoms with Crippen LogP contribution in [0.15, 0.2) is 24.3 Å². The van der Waals surface area contributed by atoms with Crippen molar-refractivity contribution in [1.29, 1.82) is 0 Å². The highest BCUT2D eigenvalue weighted by Gasteiger charge is 2.42. The normalized spacial score (nSPS) is 12.4. The van der Waals surface area contributed by atoms with Gasteiger partial charge in [-0.15, -0.1) is 0 Å². The summed E-state index contributed by atoms with van der Waals surface area (Å²) in [5.74, 6) is -4.05. The van der Waals surface area contributed by atoms with E-state index in [4.69, 9.17) is 55.9 Å². The van der Waals surface area contributed by atoms with Crippen molar-refractivity contribution in [3.8, 4) is 0 Å². The fourth-order valence-electron chi connectivity index (χ4n) is 2.96. The van der Waals surface area contributed by atoms with Gasteiger partial charge in [0.05, 0.1) is 43.4 Å². The van der Waals surface area contributed by atoms with Gasteiger partial charge in [0.1, 0.15) is 6.54 Å². The Bertz CT molecular complexity index is 1170. The zero-order valence-electron chi connectivity index (χ0n) is 17.2. The van der Waals surface area contributed by atoms with Gasteiger partial charge in [-0.05, 0) is 31.2 Å². The SMILES string of the molecule is CCOC(=O)c1ccc(NC(=O)COC(=O)CN2C(=O)c3c(Cl)c(Cl)c(Cl)c(Cl)c3C2=O)cc1. The highest BCUT2D eigenvalue weighted by atomic mass is 35.5. The number of amides is 3. The summed E-state index contributed by atoms with van der Waals surface area (Å²) in [4.78, 5) is 61.6. The van der Waals surface area contributed by atoms with Crippen LogP contribution in [0.25, 0.3) is 0 Å². The molecule has 1 aliphatic heterocycles. The molecule has 9 nitrogen and oxygen atoms in total. The quantitative estimate of drug-likeness (QED) is 0.238. The Hall–Kier alpha value is -2.85. The summed E-state index contributed by atoms with van der Waals surface area (Å²) in [5.41, 5.74) is 0.0910. The minimum atomic E-state index is -1.04. The van der Waals surface area contributed by atoms with Crippen LogP contribution in [0.2, 0.25) is 20.1 Å². The Balaban J connectivity index is 1.58. The van der Waals surface area contributed by atoms with Gasteiger partial charge in [0.2, 0.25) is 0 Å². The molecule has 0 unspecified atom stereocenters. The summed E-state index contributed by atoms with van der Waals surface area (Å²) < 4.78 is 9.71. The number of ether oxygens (including phenoxy) is 2.